The van der Waals surface area contributed by atoms with Crippen LogP contribution in [-0.4, -0.2) is 22.5 Å². The number of benzene rings is 2. The fourth-order valence-corrected chi connectivity index (χ4v) is 5.70. The van der Waals surface area contributed by atoms with E-state index in [4.69, 9.17) is 4.74 Å². The van der Waals surface area contributed by atoms with E-state index in [0.29, 0.717) is 16.6 Å². The maximum atomic E-state index is 12.7. The van der Waals surface area contributed by atoms with Crippen molar-refractivity contribution in [1.82, 2.24) is 9.97 Å². The van der Waals surface area contributed by atoms with E-state index in [1.807, 2.05) is 66.9 Å². The van der Waals surface area contributed by atoms with Gasteiger partial charge in [-0.05, 0) is 55.5 Å². The van der Waals surface area contributed by atoms with Gasteiger partial charge in [0.15, 0.2) is 5.13 Å². The first-order chi connectivity index (χ1) is 15.2. The van der Waals surface area contributed by atoms with Gasteiger partial charge in [-0.1, -0.05) is 12.1 Å². The minimum atomic E-state index is -0.162. The molecule has 2 aromatic carbocycles. The number of thiophene rings is 1. The normalized spacial score (nSPS) is 11.0. The van der Waals surface area contributed by atoms with Gasteiger partial charge in [-0.15, -0.1) is 34.0 Å². The number of amides is 1. The van der Waals surface area contributed by atoms with Crippen LogP contribution in [-0.2, 0) is 0 Å². The van der Waals surface area contributed by atoms with Crippen LogP contribution in [0.1, 0.15) is 16.6 Å². The van der Waals surface area contributed by atoms with Crippen molar-refractivity contribution < 1.29 is 9.53 Å². The molecule has 8 heteroatoms. The van der Waals surface area contributed by atoms with Crippen molar-refractivity contribution in [3.8, 4) is 26.9 Å². The summed E-state index contributed by atoms with van der Waals surface area (Å²) in [6.45, 7) is 2.59. The van der Waals surface area contributed by atoms with Gasteiger partial charge in [-0.3, -0.25) is 10.1 Å². The number of hydrogen-bond acceptors (Lipinski definition) is 7. The van der Waals surface area contributed by atoms with Gasteiger partial charge >= 0.3 is 0 Å². The summed E-state index contributed by atoms with van der Waals surface area (Å²) >= 11 is 4.48. The molecular formula is C23H17N3O2S3. The third-order valence-electron chi connectivity index (χ3n) is 4.52. The summed E-state index contributed by atoms with van der Waals surface area (Å²) < 4.78 is 6.62. The molecule has 154 valence electrons. The summed E-state index contributed by atoms with van der Waals surface area (Å²) in [7, 11) is 0. The Kier molecular flexibility index (Phi) is 5.50. The number of fused-ring (bicyclic) bond motifs is 1. The zero-order valence-corrected chi connectivity index (χ0v) is 18.9. The molecule has 0 saturated carbocycles. The molecule has 0 unspecified atom stereocenters. The molecule has 0 atom stereocenters. The van der Waals surface area contributed by atoms with E-state index < -0.39 is 0 Å². The van der Waals surface area contributed by atoms with E-state index in [1.54, 1.807) is 11.3 Å². The van der Waals surface area contributed by atoms with Crippen LogP contribution in [0, 0.1) is 0 Å². The van der Waals surface area contributed by atoms with Gasteiger partial charge in [0, 0.05) is 10.9 Å². The largest absolute Gasteiger partial charge is 0.494 e. The molecular weight excluding hydrogens is 446 g/mol. The standard InChI is InChI=1S/C23H17N3O2S3/c1-2-28-15-9-7-14(8-10-15)17-13-29-23(25-17)26-21(27)19-11-12-20(30-19)22-24-16-5-3-4-6-18(16)31-22/h3-13H,2H2,1H3,(H,25,26,27). The zero-order valence-electron chi connectivity index (χ0n) is 16.5. The van der Waals surface area contributed by atoms with Crippen LogP contribution in [0.15, 0.2) is 66.0 Å². The van der Waals surface area contributed by atoms with Crippen LogP contribution in [0.25, 0.3) is 31.4 Å². The summed E-state index contributed by atoms with van der Waals surface area (Å²) in [4.78, 5) is 23.6. The van der Waals surface area contributed by atoms with E-state index in [0.717, 1.165) is 37.1 Å². The van der Waals surface area contributed by atoms with Crippen LogP contribution >= 0.6 is 34.0 Å². The predicted molar refractivity (Wildman–Crippen MR) is 130 cm³/mol. The molecule has 0 aliphatic rings. The lowest BCUT2D eigenvalue weighted by Gasteiger charge is -2.03. The van der Waals surface area contributed by atoms with Crippen molar-refractivity contribution in [3.05, 3.63) is 70.9 Å². The first kappa shape index (κ1) is 19.9. The predicted octanol–water partition coefficient (Wildman–Crippen LogP) is 6.80. The molecule has 5 rings (SSSR count). The fourth-order valence-electron chi connectivity index (χ4n) is 3.06. The Morgan fingerprint density at radius 2 is 1.84 bits per heavy atom. The lowest BCUT2D eigenvalue weighted by atomic mass is 10.2. The molecule has 31 heavy (non-hydrogen) atoms. The molecule has 1 amide bonds. The highest BCUT2D eigenvalue weighted by Crippen LogP contribution is 2.35. The number of ether oxygens (including phenoxy) is 1. The minimum absolute atomic E-state index is 0.162. The highest BCUT2D eigenvalue weighted by atomic mass is 32.1. The molecule has 5 aromatic rings. The number of para-hydroxylation sites is 1. The van der Waals surface area contributed by atoms with Gasteiger partial charge in [0.25, 0.3) is 5.91 Å². The van der Waals surface area contributed by atoms with Crippen molar-refractivity contribution in [3.63, 3.8) is 0 Å². The van der Waals surface area contributed by atoms with E-state index in [2.05, 4.69) is 21.4 Å². The number of nitrogens with one attached hydrogen (secondary N) is 1. The number of carbonyl (C=O) groups is 1. The third kappa shape index (κ3) is 4.23. The van der Waals surface area contributed by atoms with E-state index in [9.17, 15) is 4.79 Å². The Bertz CT molecular complexity index is 1320. The molecule has 0 saturated heterocycles. The van der Waals surface area contributed by atoms with Crippen molar-refractivity contribution >= 4 is 55.3 Å². The van der Waals surface area contributed by atoms with Crippen molar-refractivity contribution in [2.75, 3.05) is 11.9 Å². The second-order valence-electron chi connectivity index (χ2n) is 6.60. The lowest BCUT2D eigenvalue weighted by Crippen LogP contribution is -2.09. The number of aromatic nitrogens is 2. The molecule has 0 spiro atoms. The van der Waals surface area contributed by atoms with Crippen molar-refractivity contribution in [1.29, 1.82) is 0 Å². The van der Waals surface area contributed by atoms with Crippen LogP contribution in [0.3, 0.4) is 0 Å². The van der Waals surface area contributed by atoms with Gasteiger partial charge < -0.3 is 4.74 Å². The molecule has 3 aromatic heterocycles. The molecule has 0 aliphatic carbocycles. The van der Waals surface area contributed by atoms with Crippen LogP contribution in [0.2, 0.25) is 0 Å². The molecule has 0 radical (unpaired) electrons. The quantitative estimate of drug-likeness (QED) is 0.301. The molecule has 0 aliphatic heterocycles. The molecule has 3 heterocycles. The summed E-state index contributed by atoms with van der Waals surface area (Å²) in [6, 6.07) is 19.6. The number of nitrogens with zero attached hydrogens (tertiary/aromatic N) is 2. The first-order valence-corrected chi connectivity index (χ1v) is 12.2. The second-order valence-corrected chi connectivity index (χ2v) is 9.57. The number of anilines is 1. The van der Waals surface area contributed by atoms with Gasteiger partial charge in [-0.2, -0.15) is 0 Å². The molecule has 1 N–H and O–H groups in total. The lowest BCUT2D eigenvalue weighted by molar-refractivity contribution is 0.103. The SMILES string of the molecule is CCOc1ccc(-c2csc(NC(=O)c3ccc(-c4nc5ccccc5s4)s3)n2)cc1. The molecule has 5 nitrogen and oxygen atoms in total. The summed E-state index contributed by atoms with van der Waals surface area (Å²) in [5.74, 6) is 0.668. The zero-order chi connectivity index (χ0) is 21.2. The van der Waals surface area contributed by atoms with Crippen LogP contribution < -0.4 is 10.1 Å². The van der Waals surface area contributed by atoms with E-state index >= 15 is 0 Å². The van der Waals surface area contributed by atoms with Gasteiger partial charge in [-0.25, -0.2) is 9.97 Å². The average Bonchev–Trinajstić information content (AvgIpc) is 3.53. The number of rotatable bonds is 6. The monoisotopic (exact) mass is 463 g/mol. The Balaban J connectivity index is 1.29. The summed E-state index contributed by atoms with van der Waals surface area (Å²) in [6.07, 6.45) is 0. The Morgan fingerprint density at radius 1 is 1.00 bits per heavy atom. The molecule has 0 bridgehead atoms. The number of carbonyl (C=O) groups excluding carboxylic acids is 1. The van der Waals surface area contributed by atoms with Gasteiger partial charge in [0.1, 0.15) is 10.8 Å². The number of hydrogen-bond donors (Lipinski definition) is 1. The highest BCUT2D eigenvalue weighted by Gasteiger charge is 2.15. The maximum Gasteiger partial charge on any atom is 0.267 e. The fraction of sp³-hybridized carbons (Fsp3) is 0.0870. The van der Waals surface area contributed by atoms with Crippen LogP contribution in [0.5, 0.6) is 5.75 Å². The third-order valence-corrected chi connectivity index (χ3v) is 7.57. The van der Waals surface area contributed by atoms with Crippen molar-refractivity contribution in [2.45, 2.75) is 6.92 Å². The van der Waals surface area contributed by atoms with Crippen LogP contribution in [0.4, 0.5) is 5.13 Å². The minimum Gasteiger partial charge on any atom is -0.494 e. The number of thiazole rings is 2. The van der Waals surface area contributed by atoms with Gasteiger partial charge in [0.2, 0.25) is 0 Å². The highest BCUT2D eigenvalue weighted by molar-refractivity contribution is 7.26. The average molecular weight is 464 g/mol. The Hall–Kier alpha value is -3.07. The molecule has 0 fully saturated rings. The maximum absolute atomic E-state index is 12.7. The van der Waals surface area contributed by atoms with Crippen molar-refractivity contribution in [2.24, 2.45) is 0 Å². The second kappa shape index (κ2) is 8.58. The topological polar surface area (TPSA) is 64.1 Å². The summed E-state index contributed by atoms with van der Waals surface area (Å²) in [5.41, 5.74) is 2.78. The van der Waals surface area contributed by atoms with E-state index in [-0.39, 0.29) is 5.91 Å². The van der Waals surface area contributed by atoms with E-state index in [1.165, 1.54) is 22.7 Å². The smallest absolute Gasteiger partial charge is 0.267 e. The summed E-state index contributed by atoms with van der Waals surface area (Å²) in [5, 5.41) is 6.35. The first-order valence-electron chi connectivity index (χ1n) is 9.65. The van der Waals surface area contributed by atoms with Gasteiger partial charge in [0.05, 0.1) is 32.3 Å². The Labute approximate surface area is 191 Å². The Morgan fingerprint density at radius 3 is 2.65 bits per heavy atom.